The number of carbonyl (C=O) groups is 2. The van der Waals surface area contributed by atoms with Gasteiger partial charge in [-0.15, -0.1) is 11.8 Å². The lowest BCUT2D eigenvalue weighted by atomic mass is 10.0. The molecule has 3 aliphatic rings. The van der Waals surface area contributed by atoms with Gasteiger partial charge in [0.25, 0.3) is 5.91 Å². The van der Waals surface area contributed by atoms with Gasteiger partial charge in [0.05, 0.1) is 23.0 Å². The third-order valence-electron chi connectivity index (χ3n) is 7.18. The Bertz CT molecular complexity index is 1330. The van der Waals surface area contributed by atoms with Crippen molar-refractivity contribution in [3.8, 4) is 11.1 Å². The van der Waals surface area contributed by atoms with Crippen molar-refractivity contribution in [3.63, 3.8) is 0 Å². The number of piperazine rings is 1. The predicted molar refractivity (Wildman–Crippen MR) is 144 cm³/mol. The maximum Gasteiger partial charge on any atom is 0.256 e. The van der Waals surface area contributed by atoms with Crippen molar-refractivity contribution in [3.05, 3.63) is 83.1 Å². The van der Waals surface area contributed by atoms with E-state index in [0.717, 1.165) is 16.7 Å². The molecule has 2 saturated heterocycles. The fourth-order valence-electron chi connectivity index (χ4n) is 5.18. The first-order valence-corrected chi connectivity index (χ1v) is 13.6. The van der Waals surface area contributed by atoms with E-state index in [2.05, 4.69) is 15.6 Å². The number of thioether (sulfide) groups is 1. The van der Waals surface area contributed by atoms with Crippen LogP contribution in [-0.2, 0) is 4.79 Å². The topological polar surface area (TPSA) is 97.8 Å². The van der Waals surface area contributed by atoms with Crippen LogP contribution < -0.4 is 10.6 Å². The molecule has 6 rings (SSSR count). The fourth-order valence-corrected chi connectivity index (χ4v) is 6.54. The molecule has 0 radical (unpaired) electrons. The number of fused-ring (bicyclic) bond motifs is 2. The summed E-state index contributed by atoms with van der Waals surface area (Å²) in [5.41, 5.74) is 4.01. The summed E-state index contributed by atoms with van der Waals surface area (Å²) in [6.45, 7) is 1.04. The summed E-state index contributed by atoms with van der Waals surface area (Å²) in [5, 5.41) is 18.3. The Morgan fingerprint density at radius 1 is 1.05 bits per heavy atom. The zero-order valence-corrected chi connectivity index (χ0v) is 21.5. The van der Waals surface area contributed by atoms with Gasteiger partial charge >= 0.3 is 0 Å². The summed E-state index contributed by atoms with van der Waals surface area (Å²) in [5.74, 6) is 0.504. The maximum atomic E-state index is 13.6. The Labute approximate surface area is 224 Å². The molecule has 2 aromatic carbocycles. The number of nitrogens with zero attached hydrogens (tertiary/aromatic N) is 3. The molecule has 4 unspecified atom stereocenters. The number of carbonyl (C=O) groups excluding carboxylic acids is 2. The normalized spacial score (nSPS) is 25.2. The molecule has 37 heavy (non-hydrogen) atoms. The van der Waals surface area contributed by atoms with Gasteiger partial charge in [-0.05, 0) is 53.1 Å². The molecule has 10 heteroatoms. The summed E-state index contributed by atoms with van der Waals surface area (Å²) in [7, 11) is 0. The number of nitrogens with one attached hydrogen (secondary N) is 2. The summed E-state index contributed by atoms with van der Waals surface area (Å²) < 4.78 is 0. The number of aliphatic hydroxyl groups excluding tert-OH is 1. The number of hydrogen-bond acceptors (Lipinski definition) is 7. The number of aromatic nitrogens is 1. The minimum absolute atomic E-state index is 0.00450. The van der Waals surface area contributed by atoms with Crippen LogP contribution in [0.25, 0.3) is 11.1 Å². The van der Waals surface area contributed by atoms with Crippen molar-refractivity contribution in [2.45, 2.75) is 23.7 Å². The SMILES string of the molecule is O=C(C1CSC(c2ccncc2)N1)N1CCN2C(=O)c3cc(-c4ccc(Cl)cc4)ccc3NC(O)C2C1. The average molecular weight is 536 g/mol. The summed E-state index contributed by atoms with van der Waals surface area (Å²) in [6, 6.07) is 16.1. The fraction of sp³-hybridized carbons (Fsp3) is 0.296. The molecule has 4 atom stereocenters. The zero-order valence-electron chi connectivity index (χ0n) is 19.9. The van der Waals surface area contributed by atoms with Crippen LogP contribution in [0.15, 0.2) is 67.0 Å². The first-order chi connectivity index (χ1) is 18.0. The van der Waals surface area contributed by atoms with Crippen LogP contribution >= 0.6 is 23.4 Å². The lowest BCUT2D eigenvalue weighted by molar-refractivity contribution is -0.136. The Kier molecular flexibility index (Phi) is 6.54. The summed E-state index contributed by atoms with van der Waals surface area (Å²) >= 11 is 7.72. The van der Waals surface area contributed by atoms with E-state index in [1.54, 1.807) is 34.0 Å². The second-order valence-electron chi connectivity index (χ2n) is 9.42. The van der Waals surface area contributed by atoms with Crippen LogP contribution in [0.3, 0.4) is 0 Å². The van der Waals surface area contributed by atoms with Crippen molar-refractivity contribution in [1.82, 2.24) is 20.1 Å². The largest absolute Gasteiger partial charge is 0.372 e. The highest BCUT2D eigenvalue weighted by Crippen LogP contribution is 2.34. The van der Waals surface area contributed by atoms with E-state index in [-0.39, 0.29) is 29.8 Å². The first-order valence-electron chi connectivity index (χ1n) is 12.2. The van der Waals surface area contributed by atoms with Gasteiger partial charge in [0.2, 0.25) is 5.91 Å². The minimum Gasteiger partial charge on any atom is -0.372 e. The van der Waals surface area contributed by atoms with E-state index in [0.29, 0.717) is 35.1 Å². The highest BCUT2D eigenvalue weighted by atomic mass is 35.5. The molecule has 3 aromatic rings. The van der Waals surface area contributed by atoms with Crippen molar-refractivity contribution < 1.29 is 14.7 Å². The maximum absolute atomic E-state index is 13.6. The number of benzene rings is 2. The molecule has 2 amide bonds. The average Bonchev–Trinajstić information content (AvgIpc) is 3.40. The van der Waals surface area contributed by atoms with Crippen LogP contribution in [0.5, 0.6) is 0 Å². The summed E-state index contributed by atoms with van der Waals surface area (Å²) in [4.78, 5) is 34.5. The van der Waals surface area contributed by atoms with Crippen LogP contribution in [0.1, 0.15) is 21.3 Å². The Morgan fingerprint density at radius 3 is 2.59 bits per heavy atom. The molecule has 3 aliphatic heterocycles. The Balaban J connectivity index is 1.18. The summed E-state index contributed by atoms with van der Waals surface area (Å²) in [6.07, 6.45) is 2.50. The Hall–Kier alpha value is -3.11. The molecule has 8 nitrogen and oxygen atoms in total. The van der Waals surface area contributed by atoms with E-state index in [9.17, 15) is 14.7 Å². The number of amides is 2. The van der Waals surface area contributed by atoms with Gasteiger partial charge in [0.15, 0.2) is 0 Å². The molecule has 0 aliphatic carbocycles. The van der Waals surface area contributed by atoms with E-state index in [1.807, 2.05) is 54.6 Å². The van der Waals surface area contributed by atoms with E-state index in [1.165, 1.54) is 0 Å². The van der Waals surface area contributed by atoms with Crippen molar-refractivity contribution in [2.24, 2.45) is 0 Å². The Morgan fingerprint density at radius 2 is 1.81 bits per heavy atom. The lowest BCUT2D eigenvalue weighted by Gasteiger charge is -2.42. The smallest absolute Gasteiger partial charge is 0.256 e. The molecule has 190 valence electrons. The van der Waals surface area contributed by atoms with E-state index in [4.69, 9.17) is 11.6 Å². The third-order valence-corrected chi connectivity index (χ3v) is 8.69. The second-order valence-corrected chi connectivity index (χ2v) is 11.0. The van der Waals surface area contributed by atoms with Gasteiger partial charge in [-0.3, -0.25) is 19.9 Å². The number of rotatable bonds is 3. The molecule has 0 bridgehead atoms. The number of pyridine rings is 1. The molecule has 0 spiro atoms. The molecular weight excluding hydrogens is 510 g/mol. The quantitative estimate of drug-likeness (QED) is 0.474. The number of hydrogen-bond donors (Lipinski definition) is 3. The molecule has 0 saturated carbocycles. The number of anilines is 1. The van der Waals surface area contributed by atoms with Crippen LogP contribution in [0.4, 0.5) is 5.69 Å². The van der Waals surface area contributed by atoms with E-state index >= 15 is 0 Å². The van der Waals surface area contributed by atoms with Crippen LogP contribution in [0.2, 0.25) is 5.02 Å². The van der Waals surface area contributed by atoms with Crippen LogP contribution in [0, 0.1) is 0 Å². The van der Waals surface area contributed by atoms with Crippen LogP contribution in [-0.4, -0.2) is 75.4 Å². The number of halogens is 1. The first kappa shape index (κ1) is 24.2. The molecule has 2 fully saturated rings. The van der Waals surface area contributed by atoms with Gasteiger partial charge < -0.3 is 20.2 Å². The van der Waals surface area contributed by atoms with Gasteiger partial charge in [-0.25, -0.2) is 0 Å². The molecule has 3 N–H and O–H groups in total. The second kappa shape index (κ2) is 9.98. The van der Waals surface area contributed by atoms with Crippen molar-refractivity contribution >= 4 is 40.9 Å². The highest BCUT2D eigenvalue weighted by molar-refractivity contribution is 7.99. The molecular formula is C27H26ClN5O3S. The predicted octanol–water partition coefficient (Wildman–Crippen LogP) is 3.20. The van der Waals surface area contributed by atoms with Crippen molar-refractivity contribution in [1.29, 1.82) is 0 Å². The standard InChI is InChI=1S/C27H26ClN5O3S/c28-19-4-1-16(2-5-19)18-3-6-21-20(13-18)26(35)33-12-11-32(14-23(33)24(34)30-21)27(36)22-15-37-25(31-22)17-7-9-29-10-8-17/h1-10,13,22-25,30-31,34H,11-12,14-15H2. The molecule has 1 aromatic heterocycles. The van der Waals surface area contributed by atoms with Gasteiger partial charge in [-0.2, -0.15) is 0 Å². The third kappa shape index (κ3) is 4.68. The van der Waals surface area contributed by atoms with Gasteiger partial charge in [0, 0.05) is 48.5 Å². The highest BCUT2D eigenvalue weighted by Gasteiger charge is 2.42. The lowest BCUT2D eigenvalue weighted by Crippen LogP contribution is -2.62. The number of aliphatic hydroxyl groups is 1. The zero-order chi connectivity index (χ0) is 25.5. The minimum atomic E-state index is -1.00. The van der Waals surface area contributed by atoms with Crippen molar-refractivity contribution in [2.75, 3.05) is 30.7 Å². The monoisotopic (exact) mass is 535 g/mol. The van der Waals surface area contributed by atoms with Gasteiger partial charge in [0.1, 0.15) is 6.23 Å². The molecule has 4 heterocycles. The van der Waals surface area contributed by atoms with Gasteiger partial charge in [-0.1, -0.05) is 29.8 Å². The van der Waals surface area contributed by atoms with E-state index < -0.39 is 12.3 Å².